The molecule has 23 heavy (non-hydrogen) atoms. The number of benzene rings is 1. The molecule has 1 aliphatic rings. The van der Waals surface area contributed by atoms with Crippen molar-refractivity contribution >= 4 is 52.3 Å². The van der Waals surface area contributed by atoms with E-state index in [1.54, 1.807) is 16.2 Å². The van der Waals surface area contributed by atoms with Crippen LogP contribution in [-0.2, 0) is 9.53 Å². The fourth-order valence-corrected chi connectivity index (χ4v) is 3.44. The fourth-order valence-electron chi connectivity index (χ4n) is 2.38. The maximum atomic E-state index is 12.5. The molecule has 0 radical (unpaired) electrons. The van der Waals surface area contributed by atoms with Gasteiger partial charge in [0.2, 0.25) is 0 Å². The van der Waals surface area contributed by atoms with Gasteiger partial charge < -0.3 is 15.0 Å². The molecular formula is C15H21Cl2N3O2S. The summed E-state index contributed by atoms with van der Waals surface area (Å²) in [5.41, 5.74) is 0.987. The smallest absolute Gasteiger partial charge is 0.253 e. The van der Waals surface area contributed by atoms with E-state index in [2.05, 4.69) is 16.4 Å². The molecule has 5 nitrogen and oxygen atoms in total. The number of nitrogens with zero attached hydrogens (tertiary/aromatic N) is 2. The summed E-state index contributed by atoms with van der Waals surface area (Å²) >= 11 is 1.64. The van der Waals surface area contributed by atoms with Crippen LogP contribution in [-0.4, -0.2) is 48.6 Å². The van der Waals surface area contributed by atoms with Gasteiger partial charge in [-0.1, -0.05) is 12.1 Å². The van der Waals surface area contributed by atoms with Gasteiger partial charge in [0.15, 0.2) is 0 Å². The minimum Gasteiger partial charge on any atom is -0.366 e. The molecule has 0 aliphatic carbocycles. The fraction of sp³-hybridized carbons (Fsp3) is 0.467. The topological polar surface area (TPSA) is 54.5 Å². The quantitative estimate of drug-likeness (QED) is 0.892. The predicted molar refractivity (Wildman–Crippen MR) is 97.9 cm³/mol. The average molecular weight is 378 g/mol. The van der Waals surface area contributed by atoms with Crippen molar-refractivity contribution in [2.24, 2.45) is 0 Å². The van der Waals surface area contributed by atoms with E-state index in [4.69, 9.17) is 4.74 Å². The summed E-state index contributed by atoms with van der Waals surface area (Å²) in [4.78, 5) is 18.8. The number of aromatic nitrogens is 1. The SMILES string of the molecule is CC(c1nc2ccccc2s1)N(C)C(=O)C1CNCCO1.Cl.Cl. The summed E-state index contributed by atoms with van der Waals surface area (Å²) in [6, 6.07) is 7.98. The highest BCUT2D eigenvalue weighted by atomic mass is 35.5. The maximum Gasteiger partial charge on any atom is 0.253 e. The van der Waals surface area contributed by atoms with Crippen LogP contribution in [0.25, 0.3) is 10.2 Å². The number of carbonyl (C=O) groups excluding carboxylic acids is 1. The van der Waals surface area contributed by atoms with E-state index in [1.165, 1.54) is 0 Å². The zero-order valence-electron chi connectivity index (χ0n) is 13.0. The molecule has 1 aromatic carbocycles. The van der Waals surface area contributed by atoms with Gasteiger partial charge in [-0.2, -0.15) is 0 Å². The Balaban J connectivity index is 0.00000132. The van der Waals surface area contributed by atoms with Crippen LogP contribution in [0.4, 0.5) is 0 Å². The normalized spacial score (nSPS) is 18.6. The predicted octanol–water partition coefficient (Wildman–Crippen LogP) is 2.65. The number of rotatable bonds is 3. The number of halogens is 2. The second kappa shape index (κ2) is 8.80. The number of nitrogens with one attached hydrogen (secondary N) is 1. The Morgan fingerprint density at radius 1 is 1.43 bits per heavy atom. The molecule has 0 bridgehead atoms. The van der Waals surface area contributed by atoms with Crippen molar-refractivity contribution in [3.8, 4) is 0 Å². The first-order valence-electron chi connectivity index (χ1n) is 7.11. The molecule has 2 aromatic rings. The number of morpholine rings is 1. The third-order valence-electron chi connectivity index (χ3n) is 3.80. The van der Waals surface area contributed by atoms with E-state index >= 15 is 0 Å². The molecule has 1 amide bonds. The molecule has 1 saturated heterocycles. The van der Waals surface area contributed by atoms with Crippen molar-refractivity contribution in [3.05, 3.63) is 29.3 Å². The lowest BCUT2D eigenvalue weighted by atomic mass is 10.2. The molecule has 1 aromatic heterocycles. The average Bonchev–Trinajstić information content (AvgIpc) is 2.97. The Hall–Kier alpha value is -0.920. The van der Waals surface area contributed by atoms with Gasteiger partial charge >= 0.3 is 0 Å². The van der Waals surface area contributed by atoms with Crippen molar-refractivity contribution in [1.82, 2.24) is 15.2 Å². The first-order valence-corrected chi connectivity index (χ1v) is 7.93. The summed E-state index contributed by atoms with van der Waals surface area (Å²) in [5, 5.41) is 4.14. The van der Waals surface area contributed by atoms with Crippen molar-refractivity contribution < 1.29 is 9.53 Å². The van der Waals surface area contributed by atoms with Crippen LogP contribution in [0, 0.1) is 0 Å². The zero-order valence-corrected chi connectivity index (χ0v) is 15.5. The summed E-state index contributed by atoms with van der Waals surface area (Å²) < 4.78 is 6.68. The Bertz CT molecular complexity index is 613. The first kappa shape index (κ1) is 20.1. The third-order valence-corrected chi connectivity index (χ3v) is 5.01. The van der Waals surface area contributed by atoms with Crippen LogP contribution < -0.4 is 5.32 Å². The van der Waals surface area contributed by atoms with Crippen LogP contribution in [0.15, 0.2) is 24.3 Å². The van der Waals surface area contributed by atoms with Gasteiger partial charge in [-0.15, -0.1) is 36.2 Å². The third kappa shape index (κ3) is 4.33. The summed E-state index contributed by atoms with van der Waals surface area (Å²) in [7, 11) is 1.82. The number of hydrogen-bond acceptors (Lipinski definition) is 5. The highest BCUT2D eigenvalue weighted by molar-refractivity contribution is 7.18. The van der Waals surface area contributed by atoms with E-state index < -0.39 is 0 Å². The van der Waals surface area contributed by atoms with Gasteiger partial charge in [0, 0.05) is 20.1 Å². The second-order valence-corrected chi connectivity index (χ2v) is 6.27. The number of fused-ring (bicyclic) bond motifs is 1. The number of para-hydroxylation sites is 1. The van der Waals surface area contributed by atoms with Crippen LogP contribution in [0.1, 0.15) is 18.0 Å². The largest absolute Gasteiger partial charge is 0.366 e. The molecule has 2 heterocycles. The molecule has 1 N–H and O–H groups in total. The lowest BCUT2D eigenvalue weighted by Crippen LogP contribution is -2.48. The maximum absolute atomic E-state index is 12.5. The highest BCUT2D eigenvalue weighted by Crippen LogP contribution is 2.29. The molecule has 2 atom stereocenters. The standard InChI is InChI=1S/C15H19N3O2S.2ClH/c1-10(14-17-11-5-3-4-6-13(11)21-14)18(2)15(19)12-9-16-7-8-20-12;;/h3-6,10,12,16H,7-9H2,1-2H3;2*1H. The Kier molecular flexibility index (Phi) is 7.70. The molecule has 0 spiro atoms. The Labute approximate surface area is 152 Å². The number of likely N-dealkylation sites (N-methyl/N-ethyl adjacent to an activating group) is 1. The lowest BCUT2D eigenvalue weighted by Gasteiger charge is -2.30. The number of carbonyl (C=O) groups is 1. The van der Waals surface area contributed by atoms with Gasteiger partial charge in [-0.3, -0.25) is 4.79 Å². The Morgan fingerprint density at radius 2 is 2.17 bits per heavy atom. The molecule has 3 rings (SSSR count). The van der Waals surface area contributed by atoms with E-state index in [0.29, 0.717) is 13.2 Å². The van der Waals surface area contributed by atoms with E-state index in [9.17, 15) is 4.79 Å². The van der Waals surface area contributed by atoms with Crippen molar-refractivity contribution in [1.29, 1.82) is 0 Å². The van der Waals surface area contributed by atoms with Crippen molar-refractivity contribution in [3.63, 3.8) is 0 Å². The number of ether oxygens (including phenoxy) is 1. The van der Waals surface area contributed by atoms with Crippen LogP contribution in [0.3, 0.4) is 0 Å². The minimum atomic E-state index is -0.388. The summed E-state index contributed by atoms with van der Waals surface area (Å²) in [6.45, 7) is 3.97. The summed E-state index contributed by atoms with van der Waals surface area (Å²) in [6.07, 6.45) is -0.388. The van der Waals surface area contributed by atoms with E-state index in [-0.39, 0.29) is 42.9 Å². The molecule has 1 aliphatic heterocycles. The monoisotopic (exact) mass is 377 g/mol. The number of thiazole rings is 1. The van der Waals surface area contributed by atoms with Gasteiger partial charge in [0.25, 0.3) is 5.91 Å². The van der Waals surface area contributed by atoms with Gasteiger partial charge in [-0.05, 0) is 19.1 Å². The van der Waals surface area contributed by atoms with Gasteiger partial charge in [-0.25, -0.2) is 4.98 Å². The second-order valence-electron chi connectivity index (χ2n) is 5.21. The lowest BCUT2D eigenvalue weighted by molar-refractivity contribution is -0.145. The molecule has 0 saturated carbocycles. The van der Waals surface area contributed by atoms with Crippen molar-refractivity contribution in [2.45, 2.75) is 19.1 Å². The number of amides is 1. The number of hydrogen-bond donors (Lipinski definition) is 1. The molecule has 1 fully saturated rings. The minimum absolute atomic E-state index is 0. The Morgan fingerprint density at radius 3 is 2.83 bits per heavy atom. The summed E-state index contributed by atoms with van der Waals surface area (Å²) in [5.74, 6) is 0.00829. The van der Waals surface area contributed by atoms with Crippen LogP contribution in [0.5, 0.6) is 0 Å². The van der Waals surface area contributed by atoms with Crippen LogP contribution in [0.2, 0.25) is 0 Å². The van der Waals surface area contributed by atoms with Gasteiger partial charge in [0.1, 0.15) is 11.1 Å². The van der Waals surface area contributed by atoms with Crippen molar-refractivity contribution in [2.75, 3.05) is 26.7 Å². The highest BCUT2D eigenvalue weighted by Gasteiger charge is 2.29. The molecule has 128 valence electrons. The molecule has 8 heteroatoms. The van der Waals surface area contributed by atoms with E-state index in [0.717, 1.165) is 21.8 Å². The molecular weight excluding hydrogens is 357 g/mol. The first-order chi connectivity index (χ1) is 10.2. The zero-order chi connectivity index (χ0) is 14.8. The van der Waals surface area contributed by atoms with Crippen LogP contribution >= 0.6 is 36.2 Å². The van der Waals surface area contributed by atoms with E-state index in [1.807, 2.05) is 32.2 Å². The van der Waals surface area contributed by atoms with Gasteiger partial charge in [0.05, 0.1) is 22.9 Å². The molecule has 2 unspecified atom stereocenters.